The highest BCUT2D eigenvalue weighted by Crippen LogP contribution is 2.26. The lowest BCUT2D eigenvalue weighted by Gasteiger charge is -2.30. The molecule has 0 unspecified atom stereocenters. The van der Waals surface area contributed by atoms with Crippen LogP contribution in [-0.2, 0) is 11.2 Å². The predicted octanol–water partition coefficient (Wildman–Crippen LogP) is 2.52. The Balaban J connectivity index is 1.58. The first-order valence-electron chi connectivity index (χ1n) is 8.54. The summed E-state index contributed by atoms with van der Waals surface area (Å²) in [6.45, 7) is 4.93. The number of hydrogen-bond acceptors (Lipinski definition) is 3. The fourth-order valence-corrected chi connectivity index (χ4v) is 3.25. The van der Waals surface area contributed by atoms with Gasteiger partial charge in [0.05, 0.1) is 6.54 Å². The second-order valence-corrected chi connectivity index (χ2v) is 6.47. The third-order valence-corrected chi connectivity index (χ3v) is 4.48. The average Bonchev–Trinajstić information content (AvgIpc) is 2.60. The first-order chi connectivity index (χ1) is 12.0. The van der Waals surface area contributed by atoms with Gasteiger partial charge in [-0.1, -0.05) is 35.9 Å². The van der Waals surface area contributed by atoms with Gasteiger partial charge in [-0.25, -0.2) is 0 Å². The molecule has 0 spiro atoms. The maximum atomic E-state index is 12.2. The van der Waals surface area contributed by atoms with E-state index >= 15 is 0 Å². The molecule has 0 fully saturated rings. The topological polar surface area (TPSA) is 61.4 Å². The Morgan fingerprint density at radius 3 is 2.68 bits per heavy atom. The van der Waals surface area contributed by atoms with Crippen LogP contribution in [0.1, 0.15) is 33.5 Å². The van der Waals surface area contributed by atoms with Gasteiger partial charge in [0, 0.05) is 17.8 Å². The minimum absolute atomic E-state index is 0.226. The van der Waals surface area contributed by atoms with Gasteiger partial charge in [0.1, 0.15) is 0 Å². The molecule has 0 radical (unpaired) electrons. The molecule has 2 aromatic rings. The van der Waals surface area contributed by atoms with Gasteiger partial charge in [0.2, 0.25) is 0 Å². The molecule has 3 rings (SSSR count). The molecule has 5 nitrogen and oxygen atoms in total. The number of benzene rings is 2. The van der Waals surface area contributed by atoms with Crippen LogP contribution in [0.2, 0.25) is 0 Å². The Hall–Kier alpha value is -2.82. The van der Waals surface area contributed by atoms with E-state index in [9.17, 15) is 9.59 Å². The Kier molecular flexibility index (Phi) is 5.03. The number of fused-ring (bicyclic) bond motifs is 1. The summed E-state index contributed by atoms with van der Waals surface area (Å²) in [6, 6.07) is 13.7. The van der Waals surface area contributed by atoms with Crippen molar-refractivity contribution < 1.29 is 9.59 Å². The van der Waals surface area contributed by atoms with E-state index in [1.165, 1.54) is 5.56 Å². The van der Waals surface area contributed by atoms with Crippen LogP contribution < -0.4 is 15.8 Å². The highest BCUT2D eigenvalue weighted by Gasteiger charge is 2.19. The molecule has 2 amide bonds. The molecule has 0 saturated heterocycles. The predicted molar refractivity (Wildman–Crippen MR) is 98.5 cm³/mol. The van der Waals surface area contributed by atoms with Crippen molar-refractivity contribution in [3.8, 4) is 0 Å². The second-order valence-electron chi connectivity index (χ2n) is 6.47. The Morgan fingerprint density at radius 2 is 1.88 bits per heavy atom. The summed E-state index contributed by atoms with van der Waals surface area (Å²) in [4.78, 5) is 26.5. The molecular formula is C20H23N3O2. The van der Waals surface area contributed by atoms with Crippen molar-refractivity contribution in [1.82, 2.24) is 10.9 Å². The van der Waals surface area contributed by atoms with Gasteiger partial charge in [0.15, 0.2) is 0 Å². The van der Waals surface area contributed by atoms with Gasteiger partial charge in [-0.05, 0) is 49.9 Å². The number of hydrazine groups is 1. The zero-order chi connectivity index (χ0) is 17.8. The molecule has 0 aromatic heterocycles. The fourth-order valence-electron chi connectivity index (χ4n) is 3.25. The molecule has 1 heterocycles. The van der Waals surface area contributed by atoms with Crippen LogP contribution in [0.5, 0.6) is 0 Å². The van der Waals surface area contributed by atoms with E-state index in [4.69, 9.17) is 0 Å². The van der Waals surface area contributed by atoms with Gasteiger partial charge in [-0.15, -0.1) is 0 Å². The molecule has 0 bridgehead atoms. The summed E-state index contributed by atoms with van der Waals surface area (Å²) in [5.41, 5.74) is 9.94. The van der Waals surface area contributed by atoms with Crippen molar-refractivity contribution in [2.45, 2.75) is 26.7 Å². The number of nitrogens with one attached hydrogen (secondary N) is 2. The van der Waals surface area contributed by atoms with Gasteiger partial charge >= 0.3 is 0 Å². The third kappa shape index (κ3) is 3.99. The molecular weight excluding hydrogens is 314 g/mol. The van der Waals surface area contributed by atoms with Crippen molar-refractivity contribution in [3.63, 3.8) is 0 Å². The summed E-state index contributed by atoms with van der Waals surface area (Å²) in [6.07, 6.45) is 2.07. The summed E-state index contributed by atoms with van der Waals surface area (Å²) in [5.74, 6) is -0.528. The molecule has 1 aliphatic heterocycles. The second kappa shape index (κ2) is 7.38. The lowest BCUT2D eigenvalue weighted by atomic mass is 10.0. The molecule has 0 aliphatic carbocycles. The number of rotatable bonds is 3. The number of anilines is 1. The molecule has 25 heavy (non-hydrogen) atoms. The number of hydrogen-bond donors (Lipinski definition) is 2. The van der Waals surface area contributed by atoms with E-state index in [1.54, 1.807) is 6.07 Å². The van der Waals surface area contributed by atoms with Crippen molar-refractivity contribution >= 4 is 17.5 Å². The molecule has 0 saturated carbocycles. The van der Waals surface area contributed by atoms with Crippen LogP contribution in [-0.4, -0.2) is 24.9 Å². The molecule has 5 heteroatoms. The van der Waals surface area contributed by atoms with E-state index < -0.39 is 0 Å². The number of carbonyl (C=O) groups is 2. The van der Waals surface area contributed by atoms with Crippen molar-refractivity contribution in [3.05, 3.63) is 64.7 Å². The number of para-hydroxylation sites is 1. The SMILES string of the molecule is Cc1ccc(C(=O)NNC(=O)CN2CCCc3ccccc32)c(C)c1. The monoisotopic (exact) mass is 337 g/mol. The van der Waals surface area contributed by atoms with Gasteiger partial charge < -0.3 is 4.90 Å². The van der Waals surface area contributed by atoms with Gasteiger partial charge in [-0.3, -0.25) is 20.4 Å². The molecule has 1 aliphatic rings. The number of aryl methyl sites for hydroxylation is 3. The zero-order valence-electron chi connectivity index (χ0n) is 14.6. The lowest BCUT2D eigenvalue weighted by Crippen LogP contribution is -2.47. The quantitative estimate of drug-likeness (QED) is 0.846. The van der Waals surface area contributed by atoms with Crippen LogP contribution in [0.15, 0.2) is 42.5 Å². The number of amides is 2. The Morgan fingerprint density at radius 1 is 1.08 bits per heavy atom. The lowest BCUT2D eigenvalue weighted by molar-refractivity contribution is -0.120. The largest absolute Gasteiger partial charge is 0.362 e. The number of nitrogens with zero attached hydrogens (tertiary/aromatic N) is 1. The standard InChI is InChI=1S/C20H23N3O2/c1-14-9-10-17(15(2)12-14)20(25)22-21-19(24)13-23-11-5-7-16-6-3-4-8-18(16)23/h3-4,6,8-10,12H,5,7,11,13H2,1-2H3,(H,21,24)(H,22,25). The van der Waals surface area contributed by atoms with Crippen LogP contribution >= 0.6 is 0 Å². The highest BCUT2D eigenvalue weighted by atomic mass is 16.2. The fraction of sp³-hybridized carbons (Fsp3) is 0.300. The zero-order valence-corrected chi connectivity index (χ0v) is 14.6. The molecule has 2 N–H and O–H groups in total. The van der Waals surface area contributed by atoms with Gasteiger partial charge in [-0.2, -0.15) is 0 Å². The smallest absolute Gasteiger partial charge is 0.269 e. The Labute approximate surface area is 148 Å². The van der Waals surface area contributed by atoms with Crippen molar-refractivity contribution in [1.29, 1.82) is 0 Å². The first-order valence-corrected chi connectivity index (χ1v) is 8.54. The minimum atomic E-state index is -0.301. The summed E-state index contributed by atoms with van der Waals surface area (Å²) in [7, 11) is 0. The summed E-state index contributed by atoms with van der Waals surface area (Å²) < 4.78 is 0. The normalized spacial score (nSPS) is 13.1. The van der Waals surface area contributed by atoms with Crippen LogP contribution in [0.3, 0.4) is 0 Å². The minimum Gasteiger partial charge on any atom is -0.362 e. The molecule has 130 valence electrons. The highest BCUT2D eigenvalue weighted by molar-refractivity contribution is 5.97. The Bertz CT molecular complexity index is 801. The third-order valence-electron chi connectivity index (χ3n) is 4.48. The van der Waals surface area contributed by atoms with Crippen LogP contribution in [0, 0.1) is 13.8 Å². The van der Waals surface area contributed by atoms with E-state index in [-0.39, 0.29) is 18.4 Å². The van der Waals surface area contributed by atoms with Crippen molar-refractivity contribution in [2.75, 3.05) is 18.0 Å². The van der Waals surface area contributed by atoms with Gasteiger partial charge in [0.25, 0.3) is 11.8 Å². The van der Waals surface area contributed by atoms with E-state index in [0.29, 0.717) is 5.56 Å². The maximum Gasteiger partial charge on any atom is 0.269 e. The van der Waals surface area contributed by atoms with E-state index in [2.05, 4.69) is 21.8 Å². The maximum absolute atomic E-state index is 12.2. The summed E-state index contributed by atoms with van der Waals surface area (Å²) >= 11 is 0. The first kappa shape index (κ1) is 17.0. The molecule has 2 aromatic carbocycles. The average molecular weight is 337 g/mol. The van der Waals surface area contributed by atoms with Crippen LogP contribution in [0.4, 0.5) is 5.69 Å². The molecule has 0 atom stereocenters. The number of carbonyl (C=O) groups excluding carboxylic acids is 2. The summed E-state index contributed by atoms with van der Waals surface area (Å²) in [5, 5.41) is 0. The van der Waals surface area contributed by atoms with E-state index in [1.807, 2.05) is 44.2 Å². The van der Waals surface area contributed by atoms with Crippen molar-refractivity contribution in [2.24, 2.45) is 0 Å². The van der Waals surface area contributed by atoms with E-state index in [0.717, 1.165) is 36.2 Å². The van der Waals surface area contributed by atoms with Crippen LogP contribution in [0.25, 0.3) is 0 Å².